The Morgan fingerprint density at radius 2 is 2.16 bits per heavy atom. The van der Waals surface area contributed by atoms with Gasteiger partial charge < -0.3 is 11.1 Å². The first kappa shape index (κ1) is 13.9. The Balaban J connectivity index is 2.14. The first-order valence-electron chi connectivity index (χ1n) is 6.42. The molecule has 1 aromatic rings. The summed E-state index contributed by atoms with van der Waals surface area (Å²) in [5.74, 6) is 0.381. The van der Waals surface area contributed by atoms with Crippen LogP contribution in [-0.4, -0.2) is 26.4 Å². The average molecular weight is 278 g/mol. The predicted octanol–water partition coefficient (Wildman–Crippen LogP) is 1.44. The van der Waals surface area contributed by atoms with E-state index in [2.05, 4.69) is 22.2 Å². The SMILES string of the molecule is CC1CCC(NC(=O)c2cnccn2)(C(N)=S)CC1. The summed E-state index contributed by atoms with van der Waals surface area (Å²) in [6.45, 7) is 2.20. The van der Waals surface area contributed by atoms with Gasteiger partial charge in [0.15, 0.2) is 0 Å². The molecule has 1 aliphatic carbocycles. The molecular weight excluding hydrogens is 260 g/mol. The third-order valence-electron chi connectivity index (χ3n) is 3.75. The van der Waals surface area contributed by atoms with Gasteiger partial charge in [-0.25, -0.2) is 4.98 Å². The lowest BCUT2D eigenvalue weighted by Crippen LogP contribution is -2.58. The molecule has 1 aromatic heterocycles. The Labute approximate surface area is 118 Å². The fourth-order valence-electron chi connectivity index (χ4n) is 2.39. The number of nitrogens with two attached hydrogens (primary N) is 1. The van der Waals surface area contributed by atoms with Gasteiger partial charge in [0.25, 0.3) is 5.91 Å². The van der Waals surface area contributed by atoms with Gasteiger partial charge in [0.05, 0.1) is 16.7 Å². The Morgan fingerprint density at radius 3 is 2.68 bits per heavy atom. The summed E-state index contributed by atoms with van der Waals surface area (Å²) in [6, 6.07) is 0. The molecule has 0 spiro atoms. The molecule has 0 unspecified atom stereocenters. The Hall–Kier alpha value is -1.56. The molecule has 3 N–H and O–H groups in total. The molecular formula is C13H18N4OS. The topological polar surface area (TPSA) is 80.9 Å². The van der Waals surface area contributed by atoms with E-state index < -0.39 is 5.54 Å². The summed E-state index contributed by atoms with van der Waals surface area (Å²) in [5, 5.41) is 2.96. The number of aromatic nitrogens is 2. The average Bonchev–Trinajstić information content (AvgIpc) is 2.42. The fourth-order valence-corrected chi connectivity index (χ4v) is 2.64. The fraction of sp³-hybridized carbons (Fsp3) is 0.538. The van der Waals surface area contributed by atoms with Gasteiger partial charge in [0.1, 0.15) is 5.69 Å². The second kappa shape index (κ2) is 5.61. The quantitative estimate of drug-likeness (QED) is 0.818. The monoisotopic (exact) mass is 278 g/mol. The summed E-state index contributed by atoms with van der Waals surface area (Å²) >= 11 is 5.16. The minimum Gasteiger partial charge on any atom is -0.391 e. The minimum atomic E-state index is -0.573. The molecule has 0 saturated heterocycles. The van der Waals surface area contributed by atoms with E-state index in [0.717, 1.165) is 25.7 Å². The number of amides is 1. The van der Waals surface area contributed by atoms with E-state index in [1.54, 1.807) is 0 Å². The van der Waals surface area contributed by atoms with Crippen molar-refractivity contribution in [2.75, 3.05) is 0 Å². The summed E-state index contributed by atoms with van der Waals surface area (Å²) in [7, 11) is 0. The van der Waals surface area contributed by atoms with Crippen LogP contribution >= 0.6 is 12.2 Å². The molecule has 1 fully saturated rings. The van der Waals surface area contributed by atoms with Gasteiger partial charge in [-0.3, -0.25) is 9.78 Å². The highest BCUT2D eigenvalue weighted by molar-refractivity contribution is 7.80. The van der Waals surface area contributed by atoms with Crippen LogP contribution in [0, 0.1) is 5.92 Å². The molecule has 1 amide bonds. The first-order valence-corrected chi connectivity index (χ1v) is 6.83. The molecule has 5 nitrogen and oxygen atoms in total. The van der Waals surface area contributed by atoms with Crippen molar-refractivity contribution in [1.29, 1.82) is 0 Å². The number of carbonyl (C=O) groups is 1. The van der Waals surface area contributed by atoms with Crippen LogP contribution in [-0.2, 0) is 0 Å². The smallest absolute Gasteiger partial charge is 0.272 e. The molecule has 0 atom stereocenters. The third-order valence-corrected chi connectivity index (χ3v) is 4.14. The van der Waals surface area contributed by atoms with Crippen LogP contribution in [0.4, 0.5) is 0 Å². The van der Waals surface area contributed by atoms with Crippen molar-refractivity contribution in [2.24, 2.45) is 11.7 Å². The molecule has 0 bridgehead atoms. The van der Waals surface area contributed by atoms with E-state index in [-0.39, 0.29) is 11.6 Å². The molecule has 19 heavy (non-hydrogen) atoms. The highest BCUT2D eigenvalue weighted by Crippen LogP contribution is 2.32. The Bertz CT molecular complexity index is 469. The number of rotatable bonds is 3. The van der Waals surface area contributed by atoms with Gasteiger partial charge in [-0.2, -0.15) is 0 Å². The summed E-state index contributed by atoms with van der Waals surface area (Å²) in [4.78, 5) is 20.4. The van der Waals surface area contributed by atoms with Gasteiger partial charge in [0.2, 0.25) is 0 Å². The molecule has 0 radical (unpaired) electrons. The molecule has 1 heterocycles. The van der Waals surface area contributed by atoms with Gasteiger partial charge in [-0.05, 0) is 31.6 Å². The van der Waals surface area contributed by atoms with Crippen LogP contribution in [0.3, 0.4) is 0 Å². The highest BCUT2D eigenvalue weighted by Gasteiger charge is 2.38. The number of carbonyl (C=O) groups excluding carboxylic acids is 1. The van der Waals surface area contributed by atoms with Crippen molar-refractivity contribution in [1.82, 2.24) is 15.3 Å². The third kappa shape index (κ3) is 3.07. The molecule has 1 saturated carbocycles. The van der Waals surface area contributed by atoms with Crippen LogP contribution in [0.1, 0.15) is 43.1 Å². The van der Waals surface area contributed by atoms with Crippen molar-refractivity contribution in [2.45, 2.75) is 38.1 Å². The van der Waals surface area contributed by atoms with Crippen molar-refractivity contribution < 1.29 is 4.79 Å². The number of hydrogen-bond acceptors (Lipinski definition) is 4. The van der Waals surface area contributed by atoms with Crippen molar-refractivity contribution in [3.8, 4) is 0 Å². The zero-order chi connectivity index (χ0) is 13.9. The van der Waals surface area contributed by atoms with Crippen LogP contribution in [0.25, 0.3) is 0 Å². The summed E-state index contributed by atoms with van der Waals surface area (Å²) < 4.78 is 0. The second-order valence-electron chi connectivity index (χ2n) is 5.17. The van der Waals surface area contributed by atoms with Gasteiger partial charge >= 0.3 is 0 Å². The molecule has 0 aromatic carbocycles. The lowest BCUT2D eigenvalue weighted by Gasteiger charge is -2.39. The van der Waals surface area contributed by atoms with Gasteiger partial charge in [-0.15, -0.1) is 0 Å². The maximum absolute atomic E-state index is 12.2. The number of thiocarbonyl (C=S) groups is 1. The van der Waals surface area contributed by atoms with Crippen LogP contribution in [0.5, 0.6) is 0 Å². The van der Waals surface area contributed by atoms with E-state index in [0.29, 0.717) is 10.9 Å². The van der Waals surface area contributed by atoms with Crippen molar-refractivity contribution in [3.05, 3.63) is 24.3 Å². The molecule has 6 heteroatoms. The number of hydrogen-bond donors (Lipinski definition) is 2. The van der Waals surface area contributed by atoms with E-state index in [4.69, 9.17) is 18.0 Å². The molecule has 0 aliphatic heterocycles. The van der Waals surface area contributed by atoms with Crippen LogP contribution < -0.4 is 11.1 Å². The predicted molar refractivity (Wildman–Crippen MR) is 76.6 cm³/mol. The van der Waals surface area contributed by atoms with E-state index in [1.165, 1.54) is 18.6 Å². The van der Waals surface area contributed by atoms with Gasteiger partial charge in [0, 0.05) is 12.4 Å². The summed E-state index contributed by atoms with van der Waals surface area (Å²) in [6.07, 6.45) is 8.06. The van der Waals surface area contributed by atoms with E-state index in [1.807, 2.05) is 0 Å². The number of nitrogens with zero attached hydrogens (tertiary/aromatic N) is 2. The Kier molecular flexibility index (Phi) is 4.09. The van der Waals surface area contributed by atoms with Gasteiger partial charge in [-0.1, -0.05) is 19.1 Å². The van der Waals surface area contributed by atoms with Crippen LogP contribution in [0.15, 0.2) is 18.6 Å². The molecule has 1 aliphatic rings. The largest absolute Gasteiger partial charge is 0.391 e. The lowest BCUT2D eigenvalue weighted by atomic mass is 9.77. The summed E-state index contributed by atoms with van der Waals surface area (Å²) in [5.41, 5.74) is 5.57. The lowest BCUT2D eigenvalue weighted by molar-refractivity contribution is 0.0895. The Morgan fingerprint density at radius 1 is 1.47 bits per heavy atom. The zero-order valence-electron chi connectivity index (χ0n) is 10.9. The maximum atomic E-state index is 12.2. The normalized spacial score (nSPS) is 26.7. The van der Waals surface area contributed by atoms with Crippen LogP contribution in [0.2, 0.25) is 0 Å². The second-order valence-corrected chi connectivity index (χ2v) is 5.61. The highest BCUT2D eigenvalue weighted by atomic mass is 32.1. The first-order chi connectivity index (χ1) is 9.03. The van der Waals surface area contributed by atoms with Crippen molar-refractivity contribution in [3.63, 3.8) is 0 Å². The minimum absolute atomic E-state index is 0.268. The molecule has 102 valence electrons. The molecule has 2 rings (SSSR count). The zero-order valence-corrected chi connectivity index (χ0v) is 11.7. The van der Waals surface area contributed by atoms with E-state index in [9.17, 15) is 4.79 Å². The number of nitrogens with one attached hydrogen (secondary N) is 1. The maximum Gasteiger partial charge on any atom is 0.272 e. The van der Waals surface area contributed by atoms with Crippen molar-refractivity contribution >= 4 is 23.1 Å². The standard InChI is InChI=1S/C13H18N4OS/c1-9-2-4-13(5-3-9,12(14)19)17-11(18)10-8-15-6-7-16-10/h6-9H,2-5H2,1H3,(H2,14,19)(H,17,18). The van der Waals surface area contributed by atoms with E-state index >= 15 is 0 Å².